The van der Waals surface area contributed by atoms with Gasteiger partial charge in [-0.2, -0.15) is 13.2 Å². The van der Waals surface area contributed by atoms with Crippen LogP contribution in [0, 0.1) is 5.92 Å². The van der Waals surface area contributed by atoms with Crippen molar-refractivity contribution in [3.63, 3.8) is 0 Å². The lowest BCUT2D eigenvalue weighted by Crippen LogP contribution is -2.61. The Bertz CT molecular complexity index is 363. The van der Waals surface area contributed by atoms with Crippen molar-refractivity contribution in [2.75, 3.05) is 39.3 Å². The van der Waals surface area contributed by atoms with Gasteiger partial charge in [0.2, 0.25) is 0 Å². The van der Waals surface area contributed by atoms with Crippen molar-refractivity contribution in [1.29, 1.82) is 0 Å². The van der Waals surface area contributed by atoms with Crippen LogP contribution in [0.2, 0.25) is 0 Å². The molecular formula is C17H32F3N3. The lowest BCUT2D eigenvalue weighted by atomic mass is 9.94. The van der Waals surface area contributed by atoms with Crippen LogP contribution in [-0.4, -0.2) is 78.3 Å². The third-order valence-electron chi connectivity index (χ3n) is 5.50. The predicted molar refractivity (Wildman–Crippen MR) is 87.6 cm³/mol. The van der Waals surface area contributed by atoms with Gasteiger partial charge in [0.15, 0.2) is 0 Å². The molecule has 0 N–H and O–H groups in total. The molecule has 2 fully saturated rings. The Morgan fingerprint density at radius 1 is 0.870 bits per heavy atom. The highest BCUT2D eigenvalue weighted by Gasteiger charge is 2.47. The Balaban J connectivity index is 1.93. The molecule has 2 rings (SSSR count). The van der Waals surface area contributed by atoms with E-state index in [0.29, 0.717) is 25.0 Å². The SMILES string of the molecule is CC(C)N1CCC(CN2CCN(C(C)C)CC2C(F)(F)F)CC1. The van der Waals surface area contributed by atoms with Crippen LogP contribution in [0.15, 0.2) is 0 Å². The summed E-state index contributed by atoms with van der Waals surface area (Å²) < 4.78 is 40.4. The Kier molecular flexibility index (Phi) is 6.36. The quantitative estimate of drug-likeness (QED) is 0.782. The van der Waals surface area contributed by atoms with Gasteiger partial charge in [0, 0.05) is 38.3 Å². The van der Waals surface area contributed by atoms with Crippen LogP contribution in [0.4, 0.5) is 13.2 Å². The number of alkyl halides is 3. The van der Waals surface area contributed by atoms with Crippen molar-refractivity contribution in [3.8, 4) is 0 Å². The second-order valence-corrected chi connectivity index (χ2v) is 7.71. The van der Waals surface area contributed by atoms with Gasteiger partial charge >= 0.3 is 6.18 Å². The van der Waals surface area contributed by atoms with Gasteiger partial charge in [-0.3, -0.25) is 9.80 Å². The average Bonchev–Trinajstić information content (AvgIpc) is 2.46. The molecule has 2 aliphatic rings. The van der Waals surface area contributed by atoms with Crippen LogP contribution >= 0.6 is 0 Å². The van der Waals surface area contributed by atoms with E-state index in [4.69, 9.17) is 0 Å². The van der Waals surface area contributed by atoms with Gasteiger partial charge in [-0.05, 0) is 59.5 Å². The minimum absolute atomic E-state index is 0.117. The van der Waals surface area contributed by atoms with Crippen molar-refractivity contribution < 1.29 is 13.2 Å². The van der Waals surface area contributed by atoms with Gasteiger partial charge in [0.05, 0.1) is 0 Å². The summed E-state index contributed by atoms with van der Waals surface area (Å²) in [5, 5.41) is 0. The Morgan fingerprint density at radius 2 is 1.43 bits per heavy atom. The van der Waals surface area contributed by atoms with Crippen molar-refractivity contribution in [2.45, 2.75) is 64.8 Å². The first-order valence-electron chi connectivity index (χ1n) is 8.97. The molecule has 0 aromatic carbocycles. The fraction of sp³-hybridized carbons (Fsp3) is 1.00. The molecule has 0 amide bonds. The van der Waals surface area contributed by atoms with E-state index in [1.807, 2.05) is 18.7 Å². The molecule has 0 radical (unpaired) electrons. The van der Waals surface area contributed by atoms with E-state index in [2.05, 4.69) is 18.7 Å². The lowest BCUT2D eigenvalue weighted by Gasteiger charge is -2.45. The van der Waals surface area contributed by atoms with E-state index in [9.17, 15) is 13.2 Å². The van der Waals surface area contributed by atoms with Gasteiger partial charge < -0.3 is 4.90 Å². The molecule has 1 unspecified atom stereocenters. The maximum atomic E-state index is 13.5. The largest absolute Gasteiger partial charge is 0.405 e. The lowest BCUT2D eigenvalue weighted by molar-refractivity contribution is -0.200. The Morgan fingerprint density at radius 3 is 1.91 bits per heavy atom. The van der Waals surface area contributed by atoms with Crippen LogP contribution in [0.1, 0.15) is 40.5 Å². The van der Waals surface area contributed by atoms with E-state index in [-0.39, 0.29) is 12.6 Å². The smallest absolute Gasteiger partial charge is 0.301 e. The number of piperidine rings is 1. The molecule has 0 aromatic rings. The molecule has 0 spiro atoms. The number of likely N-dealkylation sites (tertiary alicyclic amines) is 1. The predicted octanol–water partition coefficient (Wildman–Crippen LogP) is 3.06. The summed E-state index contributed by atoms with van der Waals surface area (Å²) in [5.74, 6) is 0.403. The second kappa shape index (κ2) is 7.70. The topological polar surface area (TPSA) is 9.72 Å². The number of rotatable bonds is 4. The first-order chi connectivity index (χ1) is 10.7. The molecule has 2 saturated heterocycles. The molecule has 0 bridgehead atoms. The summed E-state index contributed by atoms with van der Waals surface area (Å²) in [6.45, 7) is 12.4. The van der Waals surface area contributed by atoms with Crippen LogP contribution in [0.25, 0.3) is 0 Å². The summed E-state index contributed by atoms with van der Waals surface area (Å²) in [6, 6.07) is -0.591. The van der Waals surface area contributed by atoms with Gasteiger partial charge in [0.25, 0.3) is 0 Å². The highest BCUT2D eigenvalue weighted by atomic mass is 19.4. The molecule has 23 heavy (non-hydrogen) atoms. The molecule has 3 nitrogen and oxygen atoms in total. The Labute approximate surface area is 138 Å². The summed E-state index contributed by atoms with van der Waals surface area (Å²) in [7, 11) is 0. The number of nitrogens with zero attached hydrogens (tertiary/aromatic N) is 3. The third kappa shape index (κ3) is 5.07. The van der Waals surface area contributed by atoms with Crippen molar-refractivity contribution in [2.24, 2.45) is 5.92 Å². The van der Waals surface area contributed by atoms with E-state index >= 15 is 0 Å². The minimum atomic E-state index is -4.13. The highest BCUT2D eigenvalue weighted by Crippen LogP contribution is 2.30. The van der Waals surface area contributed by atoms with Gasteiger partial charge in [0.1, 0.15) is 6.04 Å². The van der Waals surface area contributed by atoms with Crippen molar-refractivity contribution in [1.82, 2.24) is 14.7 Å². The monoisotopic (exact) mass is 335 g/mol. The molecular weight excluding hydrogens is 303 g/mol. The average molecular weight is 335 g/mol. The zero-order valence-electron chi connectivity index (χ0n) is 14.9. The third-order valence-corrected chi connectivity index (χ3v) is 5.50. The molecule has 0 saturated carbocycles. The number of halogens is 3. The number of hydrogen-bond donors (Lipinski definition) is 0. The number of hydrogen-bond acceptors (Lipinski definition) is 3. The molecule has 2 heterocycles. The normalized spacial score (nSPS) is 27.3. The van der Waals surface area contributed by atoms with Crippen molar-refractivity contribution >= 4 is 0 Å². The minimum Gasteiger partial charge on any atom is -0.301 e. The first-order valence-corrected chi connectivity index (χ1v) is 8.97. The maximum Gasteiger partial charge on any atom is 0.405 e. The van der Waals surface area contributed by atoms with Gasteiger partial charge in [-0.15, -0.1) is 0 Å². The molecule has 2 aliphatic heterocycles. The first kappa shape index (κ1) is 19.0. The zero-order chi connectivity index (χ0) is 17.2. The fourth-order valence-electron chi connectivity index (χ4n) is 3.82. The summed E-state index contributed by atoms with van der Waals surface area (Å²) >= 11 is 0. The number of piperazine rings is 1. The van der Waals surface area contributed by atoms with Crippen LogP contribution < -0.4 is 0 Å². The molecule has 1 atom stereocenters. The van der Waals surface area contributed by atoms with Crippen LogP contribution in [-0.2, 0) is 0 Å². The van der Waals surface area contributed by atoms with Crippen molar-refractivity contribution in [3.05, 3.63) is 0 Å². The standard InChI is InChI=1S/C17H32F3N3/c1-13(2)21-7-5-15(6-8-21)11-23-10-9-22(14(3)4)12-16(23)17(18,19)20/h13-16H,5-12H2,1-4H3. The van der Waals surface area contributed by atoms with E-state index in [1.54, 1.807) is 4.90 Å². The van der Waals surface area contributed by atoms with E-state index < -0.39 is 12.2 Å². The van der Waals surface area contributed by atoms with Crippen LogP contribution in [0.3, 0.4) is 0 Å². The molecule has 136 valence electrons. The highest BCUT2D eigenvalue weighted by molar-refractivity contribution is 4.90. The van der Waals surface area contributed by atoms with Gasteiger partial charge in [-0.25, -0.2) is 0 Å². The van der Waals surface area contributed by atoms with E-state index in [1.165, 1.54) is 0 Å². The fourth-order valence-corrected chi connectivity index (χ4v) is 3.82. The molecule has 0 aliphatic carbocycles. The molecule has 6 heteroatoms. The van der Waals surface area contributed by atoms with Crippen LogP contribution in [0.5, 0.6) is 0 Å². The van der Waals surface area contributed by atoms with E-state index in [0.717, 1.165) is 32.5 Å². The summed E-state index contributed by atoms with van der Waals surface area (Å²) in [4.78, 5) is 6.08. The van der Waals surface area contributed by atoms with Gasteiger partial charge in [-0.1, -0.05) is 0 Å². The summed E-state index contributed by atoms with van der Waals surface area (Å²) in [5.41, 5.74) is 0. The maximum absolute atomic E-state index is 13.5. The zero-order valence-corrected chi connectivity index (χ0v) is 14.9. The summed E-state index contributed by atoms with van der Waals surface area (Å²) in [6.07, 6.45) is -2.09. The molecule has 0 aromatic heterocycles. The Hall–Kier alpha value is -0.330. The second-order valence-electron chi connectivity index (χ2n) is 7.71.